The molecule has 1 rings (SSSR count). The standard InChI is InChI=1S/C10H10Cl2N2O2/c1-6(15)13-7-2-3-9(8(12)4-7)14-10(16)5-11/h2-4H,5H2,1H3,(H,13,15)(H,14,16). The third kappa shape index (κ3) is 3.72. The average molecular weight is 261 g/mol. The zero-order chi connectivity index (χ0) is 12.1. The molecule has 0 aliphatic heterocycles. The summed E-state index contributed by atoms with van der Waals surface area (Å²) in [5, 5.41) is 5.44. The molecule has 0 saturated heterocycles. The Bertz CT molecular complexity index is 421. The molecule has 0 aliphatic carbocycles. The Labute approximate surface area is 103 Å². The van der Waals surface area contributed by atoms with Crippen LogP contribution in [0.2, 0.25) is 5.02 Å². The lowest BCUT2D eigenvalue weighted by Crippen LogP contribution is -2.13. The first-order valence-corrected chi connectivity index (χ1v) is 5.37. The summed E-state index contributed by atoms with van der Waals surface area (Å²) in [7, 11) is 0. The molecule has 0 bridgehead atoms. The van der Waals surface area contributed by atoms with Crippen molar-refractivity contribution in [1.82, 2.24) is 0 Å². The van der Waals surface area contributed by atoms with Crippen LogP contribution >= 0.6 is 23.2 Å². The number of alkyl halides is 1. The van der Waals surface area contributed by atoms with Gasteiger partial charge in [-0.1, -0.05) is 11.6 Å². The maximum Gasteiger partial charge on any atom is 0.239 e. The van der Waals surface area contributed by atoms with E-state index in [1.165, 1.54) is 6.92 Å². The van der Waals surface area contributed by atoms with E-state index < -0.39 is 0 Å². The average Bonchev–Trinajstić information content (AvgIpc) is 2.21. The first kappa shape index (κ1) is 12.8. The van der Waals surface area contributed by atoms with Crippen molar-refractivity contribution in [3.63, 3.8) is 0 Å². The molecule has 2 amide bonds. The van der Waals surface area contributed by atoms with Crippen LogP contribution in [0.25, 0.3) is 0 Å². The van der Waals surface area contributed by atoms with Gasteiger partial charge in [0.15, 0.2) is 0 Å². The number of anilines is 2. The molecule has 86 valence electrons. The summed E-state index contributed by atoms with van der Waals surface area (Å²) in [5.74, 6) is -0.659. The summed E-state index contributed by atoms with van der Waals surface area (Å²) in [6.45, 7) is 1.40. The van der Waals surface area contributed by atoms with Gasteiger partial charge in [0.25, 0.3) is 0 Å². The Morgan fingerprint density at radius 3 is 2.50 bits per heavy atom. The fraction of sp³-hybridized carbons (Fsp3) is 0.200. The molecule has 0 unspecified atom stereocenters. The van der Waals surface area contributed by atoms with Gasteiger partial charge < -0.3 is 10.6 Å². The number of benzene rings is 1. The van der Waals surface area contributed by atoms with E-state index in [1.807, 2.05) is 0 Å². The Morgan fingerprint density at radius 1 is 1.31 bits per heavy atom. The molecule has 4 nitrogen and oxygen atoms in total. The highest BCUT2D eigenvalue weighted by Crippen LogP contribution is 2.25. The highest BCUT2D eigenvalue weighted by atomic mass is 35.5. The van der Waals surface area contributed by atoms with Crippen LogP contribution < -0.4 is 10.6 Å². The predicted octanol–water partition coefficient (Wildman–Crippen LogP) is 2.48. The molecule has 16 heavy (non-hydrogen) atoms. The minimum absolute atomic E-state index is 0.135. The minimum Gasteiger partial charge on any atom is -0.326 e. The van der Waals surface area contributed by atoms with Crippen LogP contribution in [0.3, 0.4) is 0 Å². The number of carbonyl (C=O) groups is 2. The van der Waals surface area contributed by atoms with E-state index in [1.54, 1.807) is 18.2 Å². The molecular weight excluding hydrogens is 251 g/mol. The molecule has 0 fully saturated rings. The zero-order valence-corrected chi connectivity index (χ0v) is 10.0. The summed E-state index contributed by atoms with van der Waals surface area (Å²) in [5.41, 5.74) is 1.03. The van der Waals surface area contributed by atoms with Crippen LogP contribution in [0, 0.1) is 0 Å². The van der Waals surface area contributed by atoms with E-state index in [4.69, 9.17) is 23.2 Å². The summed E-state index contributed by atoms with van der Waals surface area (Å²) in [4.78, 5) is 21.8. The maximum absolute atomic E-state index is 11.0. The Morgan fingerprint density at radius 2 is 2.00 bits per heavy atom. The number of carbonyl (C=O) groups excluding carboxylic acids is 2. The number of rotatable bonds is 3. The number of amides is 2. The second-order valence-corrected chi connectivity index (χ2v) is 3.73. The SMILES string of the molecule is CC(=O)Nc1ccc(NC(=O)CCl)c(Cl)c1. The van der Waals surface area contributed by atoms with Gasteiger partial charge in [-0.3, -0.25) is 9.59 Å². The van der Waals surface area contributed by atoms with Gasteiger partial charge >= 0.3 is 0 Å². The fourth-order valence-corrected chi connectivity index (χ4v) is 1.38. The van der Waals surface area contributed by atoms with E-state index in [2.05, 4.69) is 10.6 Å². The number of hydrogen-bond donors (Lipinski definition) is 2. The molecule has 0 aliphatic rings. The summed E-state index contributed by atoms with van der Waals surface area (Å²) in [6.07, 6.45) is 0. The summed E-state index contributed by atoms with van der Waals surface area (Å²) in [6, 6.07) is 4.78. The third-order valence-electron chi connectivity index (χ3n) is 1.68. The van der Waals surface area contributed by atoms with Gasteiger partial charge in [-0.2, -0.15) is 0 Å². The fourth-order valence-electron chi connectivity index (χ4n) is 1.08. The molecule has 0 heterocycles. The Kier molecular flexibility index (Phi) is 4.58. The molecule has 2 N–H and O–H groups in total. The lowest BCUT2D eigenvalue weighted by Gasteiger charge is -2.08. The van der Waals surface area contributed by atoms with Crippen molar-refractivity contribution in [2.75, 3.05) is 16.5 Å². The van der Waals surface area contributed by atoms with Crippen molar-refractivity contribution in [3.8, 4) is 0 Å². The van der Waals surface area contributed by atoms with Gasteiger partial charge in [-0.05, 0) is 18.2 Å². The third-order valence-corrected chi connectivity index (χ3v) is 2.24. The van der Waals surface area contributed by atoms with E-state index in [0.717, 1.165) is 0 Å². The number of halogens is 2. The highest BCUT2D eigenvalue weighted by molar-refractivity contribution is 6.35. The van der Waals surface area contributed by atoms with Gasteiger partial charge in [-0.15, -0.1) is 11.6 Å². The van der Waals surface area contributed by atoms with Crippen LogP contribution in [-0.4, -0.2) is 17.7 Å². The topological polar surface area (TPSA) is 58.2 Å². The van der Waals surface area contributed by atoms with Crippen molar-refractivity contribution in [2.24, 2.45) is 0 Å². The second kappa shape index (κ2) is 5.72. The first-order chi connectivity index (χ1) is 7.52. The largest absolute Gasteiger partial charge is 0.326 e. The zero-order valence-electron chi connectivity index (χ0n) is 8.51. The maximum atomic E-state index is 11.0. The summed E-state index contributed by atoms with van der Waals surface area (Å²) < 4.78 is 0. The molecular formula is C10H10Cl2N2O2. The first-order valence-electron chi connectivity index (χ1n) is 4.46. The van der Waals surface area contributed by atoms with Crippen LogP contribution in [-0.2, 0) is 9.59 Å². The predicted molar refractivity (Wildman–Crippen MR) is 65.1 cm³/mol. The van der Waals surface area contributed by atoms with E-state index >= 15 is 0 Å². The lowest BCUT2D eigenvalue weighted by molar-refractivity contribution is -0.114. The second-order valence-electron chi connectivity index (χ2n) is 3.06. The normalized spacial score (nSPS) is 9.69. The summed E-state index contributed by atoms with van der Waals surface area (Å²) >= 11 is 11.2. The highest BCUT2D eigenvalue weighted by Gasteiger charge is 2.05. The Hall–Kier alpha value is -1.26. The van der Waals surface area contributed by atoms with Crippen molar-refractivity contribution >= 4 is 46.4 Å². The van der Waals surface area contributed by atoms with Crippen molar-refractivity contribution in [2.45, 2.75) is 6.92 Å². The van der Waals surface area contributed by atoms with Gasteiger partial charge in [0, 0.05) is 12.6 Å². The Balaban J connectivity index is 2.83. The van der Waals surface area contributed by atoms with Gasteiger partial charge in [0.2, 0.25) is 11.8 Å². The van der Waals surface area contributed by atoms with E-state index in [0.29, 0.717) is 16.4 Å². The molecule has 1 aromatic carbocycles. The number of hydrogen-bond acceptors (Lipinski definition) is 2. The minimum atomic E-state index is -0.337. The van der Waals surface area contributed by atoms with Gasteiger partial charge in [0.1, 0.15) is 5.88 Å². The molecule has 0 saturated carbocycles. The molecule has 6 heteroatoms. The molecule has 0 spiro atoms. The monoisotopic (exact) mass is 260 g/mol. The molecule has 1 aromatic rings. The van der Waals surface area contributed by atoms with Crippen molar-refractivity contribution in [1.29, 1.82) is 0 Å². The van der Waals surface area contributed by atoms with E-state index in [-0.39, 0.29) is 17.7 Å². The van der Waals surface area contributed by atoms with Gasteiger partial charge in [0.05, 0.1) is 10.7 Å². The van der Waals surface area contributed by atoms with Crippen LogP contribution in [0.1, 0.15) is 6.92 Å². The lowest BCUT2D eigenvalue weighted by atomic mass is 10.2. The molecule has 0 aromatic heterocycles. The van der Waals surface area contributed by atoms with Crippen LogP contribution in [0.15, 0.2) is 18.2 Å². The van der Waals surface area contributed by atoms with Crippen LogP contribution in [0.5, 0.6) is 0 Å². The number of nitrogens with one attached hydrogen (secondary N) is 2. The molecule has 0 radical (unpaired) electrons. The quantitative estimate of drug-likeness (QED) is 0.821. The van der Waals surface area contributed by atoms with Gasteiger partial charge in [-0.25, -0.2) is 0 Å². The van der Waals surface area contributed by atoms with Crippen molar-refractivity contribution in [3.05, 3.63) is 23.2 Å². The van der Waals surface area contributed by atoms with Crippen LogP contribution in [0.4, 0.5) is 11.4 Å². The van der Waals surface area contributed by atoms with E-state index in [9.17, 15) is 9.59 Å². The molecule has 0 atom stereocenters. The smallest absolute Gasteiger partial charge is 0.239 e. The van der Waals surface area contributed by atoms with Crippen molar-refractivity contribution < 1.29 is 9.59 Å².